The number of hydrogen-bond donors (Lipinski definition) is 2. The molecule has 10 nitrogen and oxygen atoms in total. The van der Waals surface area contributed by atoms with Gasteiger partial charge in [0, 0.05) is 46.8 Å². The third kappa shape index (κ3) is 6.44. The Morgan fingerprint density at radius 3 is 2.52 bits per heavy atom. The molecule has 0 saturated carbocycles. The normalized spacial score (nSPS) is 16.3. The standard InChI is InChI=1S/C34H38N4O6/c1-21-29(33(39)43-3)31(23-12-11-13-24(20-23)38(41)42)30(22(2)36-21)34(40)44-19-10-4-9-18-35-32-25-14-5-7-16-27(25)37-28-17-8-6-15-26(28)32/h5,7,11-14,16,20,31,36H,4,6,8-10,15,17-19H2,1-3H3,(H,35,37). The molecule has 1 atom stereocenters. The van der Waals surface area contributed by atoms with Crippen LogP contribution in [0.5, 0.6) is 0 Å². The minimum Gasteiger partial charge on any atom is -0.466 e. The Bertz CT molecular complexity index is 1660. The summed E-state index contributed by atoms with van der Waals surface area (Å²) in [5, 5.41) is 19.4. The highest BCUT2D eigenvalue weighted by molar-refractivity contribution is 6.00. The summed E-state index contributed by atoms with van der Waals surface area (Å²) in [6.07, 6.45) is 6.83. The highest BCUT2D eigenvalue weighted by Crippen LogP contribution is 2.40. The molecule has 1 aliphatic heterocycles. The van der Waals surface area contributed by atoms with Crippen molar-refractivity contribution in [3.8, 4) is 0 Å². The Morgan fingerprint density at radius 2 is 1.75 bits per heavy atom. The zero-order valence-corrected chi connectivity index (χ0v) is 25.4. The van der Waals surface area contributed by atoms with Gasteiger partial charge >= 0.3 is 11.9 Å². The molecule has 0 radical (unpaired) electrons. The lowest BCUT2D eigenvalue weighted by atomic mass is 9.80. The third-order valence-corrected chi connectivity index (χ3v) is 8.33. The number of anilines is 1. The second-order valence-electron chi connectivity index (χ2n) is 11.2. The molecule has 10 heteroatoms. The Kier molecular flexibility index (Phi) is 9.57. The van der Waals surface area contributed by atoms with Gasteiger partial charge in [0.1, 0.15) is 0 Å². The highest BCUT2D eigenvalue weighted by atomic mass is 16.6. The lowest BCUT2D eigenvalue weighted by molar-refractivity contribution is -0.384. The smallest absolute Gasteiger partial charge is 0.336 e. The molecular weight excluding hydrogens is 560 g/mol. The number of pyridine rings is 1. The number of dihydropyridines is 1. The lowest BCUT2D eigenvalue weighted by Gasteiger charge is -2.30. The van der Waals surface area contributed by atoms with E-state index in [0.29, 0.717) is 23.4 Å². The van der Waals surface area contributed by atoms with Gasteiger partial charge in [-0.25, -0.2) is 9.59 Å². The number of unbranched alkanes of at least 4 members (excludes halogenated alkanes) is 2. The summed E-state index contributed by atoms with van der Waals surface area (Å²) >= 11 is 0. The van der Waals surface area contributed by atoms with Gasteiger partial charge in [-0.05, 0) is 76.0 Å². The van der Waals surface area contributed by atoms with Crippen molar-refractivity contribution in [1.82, 2.24) is 10.3 Å². The van der Waals surface area contributed by atoms with E-state index in [-0.39, 0.29) is 23.4 Å². The minimum absolute atomic E-state index is 0.137. The van der Waals surface area contributed by atoms with Gasteiger partial charge in [-0.2, -0.15) is 0 Å². The second-order valence-corrected chi connectivity index (χ2v) is 11.2. The molecule has 0 amide bonds. The van der Waals surface area contributed by atoms with Crippen molar-refractivity contribution < 1.29 is 24.0 Å². The quantitative estimate of drug-likeness (QED) is 0.114. The molecule has 230 valence electrons. The fourth-order valence-corrected chi connectivity index (χ4v) is 6.23. The molecule has 0 spiro atoms. The van der Waals surface area contributed by atoms with Crippen LogP contribution in [-0.2, 0) is 31.9 Å². The fraction of sp³-hybridized carbons (Fsp3) is 0.382. The minimum atomic E-state index is -0.874. The lowest BCUT2D eigenvalue weighted by Crippen LogP contribution is -2.32. The number of ether oxygens (including phenoxy) is 2. The number of fused-ring (bicyclic) bond motifs is 2. The van der Waals surface area contributed by atoms with Gasteiger partial charge in [0.2, 0.25) is 0 Å². The van der Waals surface area contributed by atoms with E-state index in [1.165, 1.54) is 55.1 Å². The summed E-state index contributed by atoms with van der Waals surface area (Å²) in [7, 11) is 1.26. The van der Waals surface area contributed by atoms with Crippen molar-refractivity contribution in [2.24, 2.45) is 0 Å². The van der Waals surface area contributed by atoms with Crippen LogP contribution >= 0.6 is 0 Å². The largest absolute Gasteiger partial charge is 0.466 e. The average molecular weight is 599 g/mol. The Hall–Kier alpha value is -4.73. The topological polar surface area (TPSA) is 133 Å². The Labute approximate surface area is 256 Å². The van der Waals surface area contributed by atoms with Crippen LogP contribution in [0.3, 0.4) is 0 Å². The highest BCUT2D eigenvalue weighted by Gasteiger charge is 2.38. The van der Waals surface area contributed by atoms with Gasteiger partial charge in [0.25, 0.3) is 5.69 Å². The first kappa shape index (κ1) is 30.7. The first-order chi connectivity index (χ1) is 21.3. The van der Waals surface area contributed by atoms with E-state index < -0.39 is 22.8 Å². The van der Waals surface area contributed by atoms with E-state index in [1.54, 1.807) is 19.9 Å². The number of nitrogens with one attached hydrogen (secondary N) is 2. The number of rotatable bonds is 11. The maximum atomic E-state index is 13.5. The number of carbonyl (C=O) groups excluding carboxylic acids is 2. The van der Waals surface area contributed by atoms with Gasteiger partial charge in [-0.15, -0.1) is 0 Å². The molecule has 2 aliphatic rings. The molecule has 0 saturated heterocycles. The number of nitro benzene ring substituents is 1. The van der Waals surface area contributed by atoms with Crippen molar-refractivity contribution in [2.45, 2.75) is 64.7 Å². The molecule has 0 bridgehead atoms. The predicted molar refractivity (Wildman–Crippen MR) is 168 cm³/mol. The van der Waals surface area contributed by atoms with Crippen LogP contribution in [0.25, 0.3) is 10.9 Å². The van der Waals surface area contributed by atoms with Crippen molar-refractivity contribution in [3.63, 3.8) is 0 Å². The Morgan fingerprint density at radius 1 is 1.00 bits per heavy atom. The van der Waals surface area contributed by atoms with Gasteiger partial charge in [-0.1, -0.05) is 30.3 Å². The van der Waals surface area contributed by atoms with Crippen LogP contribution in [0.15, 0.2) is 71.1 Å². The number of aryl methyl sites for hydroxylation is 1. The molecule has 2 N–H and O–H groups in total. The van der Waals surface area contributed by atoms with E-state index in [1.807, 2.05) is 12.1 Å². The van der Waals surface area contributed by atoms with Crippen molar-refractivity contribution in [2.75, 3.05) is 25.6 Å². The predicted octanol–water partition coefficient (Wildman–Crippen LogP) is 6.26. The molecule has 0 fully saturated rings. The summed E-state index contributed by atoms with van der Waals surface area (Å²) in [6, 6.07) is 14.2. The number of hydrogen-bond acceptors (Lipinski definition) is 9. The molecule has 44 heavy (non-hydrogen) atoms. The van der Waals surface area contributed by atoms with E-state index in [9.17, 15) is 19.7 Å². The zero-order chi connectivity index (χ0) is 31.2. The van der Waals surface area contributed by atoms with Crippen LogP contribution < -0.4 is 10.6 Å². The number of aromatic nitrogens is 1. The van der Waals surface area contributed by atoms with E-state index >= 15 is 0 Å². The SMILES string of the molecule is COC(=O)C1=C(C)NC(C)=C(C(=O)OCCCCCNc2c3c(nc4ccccc24)CCCC3)C1c1cccc([N+](=O)[O-])c1. The Balaban J connectivity index is 1.22. The van der Waals surface area contributed by atoms with Gasteiger partial charge in [0.15, 0.2) is 0 Å². The molecule has 3 aromatic rings. The first-order valence-electron chi connectivity index (χ1n) is 15.1. The summed E-state index contributed by atoms with van der Waals surface area (Å²) in [4.78, 5) is 42.2. The number of non-ortho nitro benzene ring substituents is 1. The second kappa shape index (κ2) is 13.7. The van der Waals surface area contributed by atoms with Gasteiger partial charge in [-0.3, -0.25) is 15.1 Å². The first-order valence-corrected chi connectivity index (χ1v) is 15.1. The van der Waals surface area contributed by atoms with Crippen LogP contribution in [-0.4, -0.2) is 42.1 Å². The molecule has 2 heterocycles. The van der Waals surface area contributed by atoms with Crippen LogP contribution in [0.4, 0.5) is 11.4 Å². The third-order valence-electron chi connectivity index (χ3n) is 8.33. The summed E-state index contributed by atoms with van der Waals surface area (Å²) in [6.45, 7) is 4.44. The van der Waals surface area contributed by atoms with Gasteiger partial charge < -0.3 is 20.1 Å². The van der Waals surface area contributed by atoms with Crippen LogP contribution in [0, 0.1) is 10.1 Å². The summed E-state index contributed by atoms with van der Waals surface area (Å²) < 4.78 is 10.7. The average Bonchev–Trinajstić information content (AvgIpc) is 3.03. The number of para-hydroxylation sites is 1. The van der Waals surface area contributed by atoms with E-state index in [4.69, 9.17) is 14.5 Å². The number of methoxy groups -OCH3 is 1. The molecular formula is C34H38N4O6. The van der Waals surface area contributed by atoms with Crippen molar-refractivity contribution in [1.29, 1.82) is 0 Å². The number of esters is 2. The molecule has 1 aliphatic carbocycles. The number of benzene rings is 2. The number of carbonyl (C=O) groups is 2. The number of allylic oxidation sites excluding steroid dienone is 2. The molecule has 2 aromatic carbocycles. The molecule has 5 rings (SSSR count). The van der Waals surface area contributed by atoms with Crippen LogP contribution in [0.2, 0.25) is 0 Å². The monoisotopic (exact) mass is 598 g/mol. The maximum absolute atomic E-state index is 13.5. The van der Waals surface area contributed by atoms with Crippen LogP contribution in [0.1, 0.15) is 68.7 Å². The number of nitrogens with zero attached hydrogens (tertiary/aromatic N) is 2. The number of nitro groups is 1. The maximum Gasteiger partial charge on any atom is 0.336 e. The van der Waals surface area contributed by atoms with Crippen molar-refractivity contribution >= 4 is 34.2 Å². The molecule has 1 unspecified atom stereocenters. The van der Waals surface area contributed by atoms with Gasteiger partial charge in [0.05, 0.1) is 41.2 Å². The fourth-order valence-electron chi connectivity index (χ4n) is 6.23. The summed E-state index contributed by atoms with van der Waals surface area (Å²) in [5.74, 6) is -2.07. The molecule has 1 aromatic heterocycles. The zero-order valence-electron chi connectivity index (χ0n) is 25.4. The van der Waals surface area contributed by atoms with E-state index in [0.717, 1.165) is 43.1 Å². The summed E-state index contributed by atoms with van der Waals surface area (Å²) in [5.41, 5.74) is 6.53. The van der Waals surface area contributed by atoms with Crippen molar-refractivity contribution in [3.05, 3.63) is 98.0 Å². The van der Waals surface area contributed by atoms with E-state index in [2.05, 4.69) is 22.8 Å².